The molecule has 0 aromatic carbocycles. The molecular weight excluding hydrogens is 238 g/mol. The summed E-state index contributed by atoms with van der Waals surface area (Å²) in [6.07, 6.45) is 1.42. The molecule has 0 radical (unpaired) electrons. The highest BCUT2D eigenvalue weighted by molar-refractivity contribution is 5.85. The molecule has 1 aromatic rings. The predicted molar refractivity (Wildman–Crippen MR) is 61.9 cm³/mol. The lowest BCUT2D eigenvalue weighted by atomic mass is 10.2. The molecule has 0 bridgehead atoms. The summed E-state index contributed by atoms with van der Waals surface area (Å²) in [7, 11) is 0. The third-order valence-corrected chi connectivity index (χ3v) is 3.02. The molecule has 1 aromatic heterocycles. The molecule has 0 saturated carbocycles. The van der Waals surface area contributed by atoms with Crippen LogP contribution in [0.4, 0.5) is 5.82 Å². The Kier molecular flexibility index (Phi) is 2.62. The maximum atomic E-state index is 11.8. The molecule has 96 valence electrons. The van der Waals surface area contributed by atoms with E-state index in [9.17, 15) is 4.79 Å². The second-order valence-electron chi connectivity index (χ2n) is 4.22. The Morgan fingerprint density at radius 2 is 2.50 bits per heavy atom. The molecule has 3 unspecified atom stereocenters. The summed E-state index contributed by atoms with van der Waals surface area (Å²) in [6.45, 7) is -0.173. The van der Waals surface area contributed by atoms with Crippen molar-refractivity contribution in [1.82, 2.24) is 9.55 Å². The minimum absolute atomic E-state index is 0.0906. The van der Waals surface area contributed by atoms with Gasteiger partial charge in [0.1, 0.15) is 17.7 Å². The third-order valence-electron chi connectivity index (χ3n) is 3.02. The van der Waals surface area contributed by atoms with Crippen LogP contribution in [0.3, 0.4) is 0 Å². The van der Waals surface area contributed by atoms with E-state index in [0.29, 0.717) is 11.5 Å². The van der Waals surface area contributed by atoms with E-state index in [1.54, 1.807) is 4.57 Å². The molecule has 4 N–H and O–H groups in total. The van der Waals surface area contributed by atoms with E-state index >= 15 is 0 Å². The number of hydrogen-bond donors (Lipinski definition) is 3. The molecule has 8 nitrogen and oxygen atoms in total. The maximum Gasteiger partial charge on any atom is 0.196 e. The Morgan fingerprint density at radius 3 is 3.22 bits per heavy atom. The molecule has 3 heterocycles. The Hall–Kier alpha value is -1.77. The number of aromatic nitrogens is 2. The molecule has 3 rings (SSSR count). The Bertz CT molecular complexity index is 512. The van der Waals surface area contributed by atoms with E-state index < -0.39 is 18.5 Å². The second kappa shape index (κ2) is 4.16. The Labute approximate surface area is 102 Å². The van der Waals surface area contributed by atoms with Crippen LogP contribution in [0, 0.1) is 0 Å². The highest BCUT2D eigenvalue weighted by Gasteiger charge is 2.36. The molecule has 8 heteroatoms. The van der Waals surface area contributed by atoms with Crippen molar-refractivity contribution < 1.29 is 14.6 Å². The summed E-state index contributed by atoms with van der Waals surface area (Å²) in [4.78, 5) is 19.9. The quantitative estimate of drug-likeness (QED) is 0.630. The topological polar surface area (TPSA) is 115 Å². The molecule has 1 fully saturated rings. The van der Waals surface area contributed by atoms with Gasteiger partial charge in [-0.15, -0.1) is 0 Å². The van der Waals surface area contributed by atoms with Crippen LogP contribution in [-0.4, -0.2) is 39.5 Å². The van der Waals surface area contributed by atoms with Crippen molar-refractivity contribution in [1.29, 1.82) is 0 Å². The first-order valence-electron chi connectivity index (χ1n) is 5.60. The zero-order valence-electron chi connectivity index (χ0n) is 9.48. The molecule has 1 saturated heterocycles. The average molecular weight is 251 g/mol. The van der Waals surface area contributed by atoms with Gasteiger partial charge in [-0.2, -0.15) is 0 Å². The number of imidazole rings is 1. The number of ketones is 1. The SMILES string of the molecule is NC1N=CNc2c1ncn2C1OC(CO)CC1=O. The molecule has 0 spiro atoms. The fourth-order valence-corrected chi connectivity index (χ4v) is 2.13. The number of Topliss-reactive ketones (excluding diaryl/α,β-unsaturated/α-hetero) is 1. The lowest BCUT2D eigenvalue weighted by Crippen LogP contribution is -2.22. The van der Waals surface area contributed by atoms with Gasteiger partial charge >= 0.3 is 0 Å². The molecule has 3 atom stereocenters. The first-order valence-corrected chi connectivity index (χ1v) is 5.60. The molecule has 2 aliphatic heterocycles. The number of fused-ring (bicyclic) bond motifs is 1. The van der Waals surface area contributed by atoms with Gasteiger partial charge in [-0.25, -0.2) is 4.98 Å². The third kappa shape index (κ3) is 1.62. The summed E-state index contributed by atoms with van der Waals surface area (Å²) in [6, 6.07) is 0. The van der Waals surface area contributed by atoms with Crippen LogP contribution in [0.2, 0.25) is 0 Å². The van der Waals surface area contributed by atoms with E-state index in [-0.39, 0.29) is 18.8 Å². The number of rotatable bonds is 2. The molecule has 18 heavy (non-hydrogen) atoms. The average Bonchev–Trinajstić information content (AvgIpc) is 2.93. The summed E-state index contributed by atoms with van der Waals surface area (Å²) < 4.78 is 7.05. The van der Waals surface area contributed by atoms with E-state index in [4.69, 9.17) is 15.6 Å². The van der Waals surface area contributed by atoms with Gasteiger partial charge in [0, 0.05) is 6.42 Å². The lowest BCUT2D eigenvalue weighted by Gasteiger charge is -2.18. The number of nitrogens with one attached hydrogen (secondary N) is 1. The number of ether oxygens (including phenoxy) is 1. The monoisotopic (exact) mass is 251 g/mol. The first kappa shape index (κ1) is 11.3. The van der Waals surface area contributed by atoms with Crippen molar-refractivity contribution in [3.05, 3.63) is 12.0 Å². The van der Waals surface area contributed by atoms with Crippen molar-refractivity contribution in [2.24, 2.45) is 10.7 Å². The van der Waals surface area contributed by atoms with Gasteiger partial charge in [0.15, 0.2) is 12.0 Å². The number of aliphatic hydroxyl groups excluding tert-OH is 1. The summed E-state index contributed by atoms with van der Waals surface area (Å²) >= 11 is 0. The fourth-order valence-electron chi connectivity index (χ4n) is 2.13. The number of carbonyl (C=O) groups excluding carboxylic acids is 1. The van der Waals surface area contributed by atoms with Gasteiger partial charge in [-0.1, -0.05) is 0 Å². The van der Waals surface area contributed by atoms with Crippen LogP contribution in [0.1, 0.15) is 24.5 Å². The van der Waals surface area contributed by atoms with Crippen molar-refractivity contribution in [2.45, 2.75) is 24.9 Å². The van der Waals surface area contributed by atoms with Gasteiger partial charge < -0.3 is 20.9 Å². The van der Waals surface area contributed by atoms with E-state index in [1.807, 2.05) is 0 Å². The van der Waals surface area contributed by atoms with Gasteiger partial charge in [0.05, 0.1) is 25.4 Å². The molecule has 2 aliphatic rings. The standard InChI is InChI=1S/C10H13N5O3/c11-8-7-9(13-3-12-8)15(4-14-7)10-6(17)1-5(2-16)18-10/h3-5,8,10,16H,1-2,11H2,(H,12,13). The molecular formula is C10H13N5O3. The van der Waals surface area contributed by atoms with E-state index in [2.05, 4.69) is 15.3 Å². The number of aliphatic hydroxyl groups is 1. The van der Waals surface area contributed by atoms with Crippen LogP contribution in [0.5, 0.6) is 0 Å². The number of carbonyl (C=O) groups is 1. The second-order valence-corrected chi connectivity index (χ2v) is 4.22. The number of anilines is 1. The van der Waals surface area contributed by atoms with Crippen LogP contribution < -0.4 is 11.1 Å². The van der Waals surface area contributed by atoms with Crippen molar-refractivity contribution >= 4 is 17.9 Å². The van der Waals surface area contributed by atoms with E-state index in [0.717, 1.165) is 0 Å². The van der Waals surface area contributed by atoms with Gasteiger partial charge in [-0.05, 0) is 0 Å². The summed E-state index contributed by atoms with van der Waals surface area (Å²) in [5.74, 6) is 0.515. The van der Waals surface area contributed by atoms with E-state index in [1.165, 1.54) is 12.7 Å². The van der Waals surface area contributed by atoms with Crippen molar-refractivity contribution in [3.8, 4) is 0 Å². The zero-order valence-corrected chi connectivity index (χ0v) is 9.48. The van der Waals surface area contributed by atoms with Crippen LogP contribution in [0.15, 0.2) is 11.3 Å². The normalized spacial score (nSPS) is 30.3. The first-order chi connectivity index (χ1) is 8.70. The molecule has 0 aliphatic carbocycles. The van der Waals surface area contributed by atoms with Crippen LogP contribution in [0.25, 0.3) is 0 Å². The number of hydrogen-bond acceptors (Lipinski definition) is 7. The van der Waals surface area contributed by atoms with Crippen LogP contribution >= 0.6 is 0 Å². The number of aliphatic imine (C=N–C) groups is 1. The Balaban J connectivity index is 1.93. The summed E-state index contributed by atoms with van der Waals surface area (Å²) in [5.41, 5.74) is 6.34. The minimum atomic E-state index is -0.760. The number of nitrogens with zero attached hydrogens (tertiary/aromatic N) is 3. The zero-order chi connectivity index (χ0) is 12.7. The minimum Gasteiger partial charge on any atom is -0.394 e. The predicted octanol–water partition coefficient (Wildman–Crippen LogP) is -0.857. The highest BCUT2D eigenvalue weighted by Crippen LogP contribution is 2.32. The lowest BCUT2D eigenvalue weighted by molar-refractivity contribution is -0.127. The summed E-state index contributed by atoms with van der Waals surface area (Å²) in [5, 5.41) is 11.9. The van der Waals surface area contributed by atoms with Gasteiger partial charge in [0.2, 0.25) is 0 Å². The number of nitrogens with two attached hydrogens (primary N) is 1. The van der Waals surface area contributed by atoms with Crippen LogP contribution in [-0.2, 0) is 9.53 Å². The Morgan fingerprint density at radius 1 is 1.67 bits per heavy atom. The molecule has 0 amide bonds. The smallest absolute Gasteiger partial charge is 0.196 e. The van der Waals surface area contributed by atoms with Gasteiger partial charge in [0.25, 0.3) is 0 Å². The largest absolute Gasteiger partial charge is 0.394 e. The van der Waals surface area contributed by atoms with Gasteiger partial charge in [-0.3, -0.25) is 14.4 Å². The maximum absolute atomic E-state index is 11.8. The van der Waals surface area contributed by atoms with Crippen molar-refractivity contribution in [3.63, 3.8) is 0 Å². The fraction of sp³-hybridized carbons (Fsp3) is 0.500. The van der Waals surface area contributed by atoms with Crippen molar-refractivity contribution in [2.75, 3.05) is 11.9 Å². The highest BCUT2D eigenvalue weighted by atomic mass is 16.5.